The monoisotopic (exact) mass is 252 g/mol. The van der Waals surface area contributed by atoms with Crippen LogP contribution in [0, 0.1) is 13.8 Å². The largest absolute Gasteiger partial charge is 0.465 e. The highest BCUT2D eigenvalue weighted by Crippen LogP contribution is 2.18. The summed E-state index contributed by atoms with van der Waals surface area (Å²) in [6.45, 7) is 7.42. The molecule has 0 aliphatic rings. The van der Waals surface area contributed by atoms with Gasteiger partial charge in [0.25, 0.3) is 5.91 Å². The number of carbonyl (C=O) groups is 2. The predicted octanol–water partition coefficient (Wildman–Crippen LogP) is 1.95. The van der Waals surface area contributed by atoms with Crippen LogP contribution in [0.4, 0.5) is 0 Å². The number of aromatic amines is 1. The average Bonchev–Trinajstić information content (AvgIpc) is 2.63. The van der Waals surface area contributed by atoms with Crippen molar-refractivity contribution in [3.8, 4) is 0 Å². The van der Waals surface area contributed by atoms with E-state index in [2.05, 4.69) is 10.3 Å². The third kappa shape index (κ3) is 2.72. The predicted molar refractivity (Wildman–Crippen MR) is 68.8 cm³/mol. The molecule has 0 spiro atoms. The van der Waals surface area contributed by atoms with Gasteiger partial charge in [-0.2, -0.15) is 0 Å². The van der Waals surface area contributed by atoms with E-state index in [-0.39, 0.29) is 11.9 Å². The van der Waals surface area contributed by atoms with Gasteiger partial charge in [0, 0.05) is 11.7 Å². The summed E-state index contributed by atoms with van der Waals surface area (Å²) < 4.78 is 4.70. The Hall–Kier alpha value is -1.78. The molecule has 1 atom stereocenters. The first-order chi connectivity index (χ1) is 8.42. The first-order valence-corrected chi connectivity index (χ1v) is 6.00. The molecular weight excluding hydrogens is 232 g/mol. The van der Waals surface area contributed by atoms with Crippen LogP contribution in [-0.4, -0.2) is 30.0 Å². The minimum Gasteiger partial charge on any atom is -0.465 e. The standard InChI is InChI=1S/C13H20N2O3/c1-6-7(2)14-12(16)11-8(3)10(9(4)15-11)13(17)18-5/h7,15H,6H2,1-5H3,(H,14,16)/t7-/m1/s1. The lowest BCUT2D eigenvalue weighted by molar-refractivity contribution is 0.0599. The fraction of sp³-hybridized carbons (Fsp3) is 0.538. The molecular formula is C13H20N2O3. The van der Waals surface area contributed by atoms with E-state index >= 15 is 0 Å². The number of H-pyrrole nitrogens is 1. The van der Waals surface area contributed by atoms with Gasteiger partial charge in [0.15, 0.2) is 0 Å². The summed E-state index contributed by atoms with van der Waals surface area (Å²) in [4.78, 5) is 26.6. The van der Waals surface area contributed by atoms with E-state index in [1.165, 1.54) is 7.11 Å². The number of rotatable bonds is 4. The van der Waals surface area contributed by atoms with Gasteiger partial charge < -0.3 is 15.0 Å². The van der Waals surface area contributed by atoms with Gasteiger partial charge in [0.1, 0.15) is 5.69 Å². The van der Waals surface area contributed by atoms with Crippen LogP contribution in [-0.2, 0) is 4.74 Å². The lowest BCUT2D eigenvalue weighted by atomic mass is 10.1. The number of amides is 1. The second-order valence-corrected chi connectivity index (χ2v) is 4.40. The fourth-order valence-electron chi connectivity index (χ4n) is 1.78. The van der Waals surface area contributed by atoms with Crippen molar-refractivity contribution in [3.05, 3.63) is 22.5 Å². The maximum absolute atomic E-state index is 12.0. The molecule has 0 unspecified atom stereocenters. The van der Waals surface area contributed by atoms with E-state index < -0.39 is 5.97 Å². The van der Waals surface area contributed by atoms with E-state index in [0.29, 0.717) is 22.5 Å². The zero-order valence-corrected chi connectivity index (χ0v) is 11.5. The maximum Gasteiger partial charge on any atom is 0.339 e. The molecule has 1 aromatic heterocycles. The van der Waals surface area contributed by atoms with Crippen molar-refractivity contribution < 1.29 is 14.3 Å². The van der Waals surface area contributed by atoms with Crippen molar-refractivity contribution in [2.24, 2.45) is 0 Å². The number of aromatic nitrogens is 1. The molecule has 1 heterocycles. The van der Waals surface area contributed by atoms with Crippen molar-refractivity contribution in [2.45, 2.75) is 40.2 Å². The molecule has 0 saturated heterocycles. The second kappa shape index (κ2) is 5.71. The zero-order valence-electron chi connectivity index (χ0n) is 11.5. The third-order valence-electron chi connectivity index (χ3n) is 3.04. The van der Waals surface area contributed by atoms with Gasteiger partial charge in [-0.05, 0) is 32.8 Å². The quantitative estimate of drug-likeness (QED) is 0.804. The van der Waals surface area contributed by atoms with Crippen LogP contribution in [0.1, 0.15) is 52.4 Å². The van der Waals surface area contributed by atoms with Gasteiger partial charge >= 0.3 is 5.97 Å². The molecule has 0 saturated carbocycles. The summed E-state index contributed by atoms with van der Waals surface area (Å²) in [5, 5.41) is 2.86. The van der Waals surface area contributed by atoms with E-state index in [1.54, 1.807) is 13.8 Å². The van der Waals surface area contributed by atoms with Crippen LogP contribution in [0.15, 0.2) is 0 Å². The Morgan fingerprint density at radius 1 is 1.39 bits per heavy atom. The highest BCUT2D eigenvalue weighted by molar-refractivity contribution is 6.00. The van der Waals surface area contributed by atoms with Crippen molar-refractivity contribution in [2.75, 3.05) is 7.11 Å². The van der Waals surface area contributed by atoms with Crippen LogP contribution < -0.4 is 5.32 Å². The topological polar surface area (TPSA) is 71.2 Å². The van der Waals surface area contributed by atoms with Gasteiger partial charge in [-0.1, -0.05) is 6.92 Å². The molecule has 5 heteroatoms. The molecule has 0 bridgehead atoms. The summed E-state index contributed by atoms with van der Waals surface area (Å²) in [6, 6.07) is 0.0992. The summed E-state index contributed by atoms with van der Waals surface area (Å²) in [6.07, 6.45) is 0.855. The second-order valence-electron chi connectivity index (χ2n) is 4.40. The first-order valence-electron chi connectivity index (χ1n) is 6.00. The lowest BCUT2D eigenvalue weighted by Crippen LogP contribution is -2.32. The molecule has 0 fully saturated rings. The average molecular weight is 252 g/mol. The number of nitrogens with one attached hydrogen (secondary N) is 2. The van der Waals surface area contributed by atoms with E-state index in [1.807, 2.05) is 13.8 Å². The van der Waals surface area contributed by atoms with E-state index in [9.17, 15) is 9.59 Å². The molecule has 100 valence electrons. The van der Waals surface area contributed by atoms with Crippen LogP contribution in [0.3, 0.4) is 0 Å². The van der Waals surface area contributed by atoms with Crippen molar-refractivity contribution >= 4 is 11.9 Å². The van der Waals surface area contributed by atoms with Crippen LogP contribution in [0.25, 0.3) is 0 Å². The number of hydrogen-bond acceptors (Lipinski definition) is 3. The van der Waals surface area contributed by atoms with Crippen LogP contribution >= 0.6 is 0 Å². The van der Waals surface area contributed by atoms with Crippen molar-refractivity contribution in [3.63, 3.8) is 0 Å². The third-order valence-corrected chi connectivity index (χ3v) is 3.04. The number of aryl methyl sites for hydroxylation is 1. The molecule has 0 aliphatic carbocycles. The Balaban J connectivity index is 3.05. The van der Waals surface area contributed by atoms with E-state index in [0.717, 1.165) is 6.42 Å². The fourth-order valence-corrected chi connectivity index (χ4v) is 1.78. The van der Waals surface area contributed by atoms with Crippen LogP contribution in [0.2, 0.25) is 0 Å². The van der Waals surface area contributed by atoms with E-state index in [4.69, 9.17) is 4.74 Å². The normalized spacial score (nSPS) is 12.1. The van der Waals surface area contributed by atoms with Crippen molar-refractivity contribution in [1.82, 2.24) is 10.3 Å². The highest BCUT2D eigenvalue weighted by Gasteiger charge is 2.22. The Morgan fingerprint density at radius 2 is 2.00 bits per heavy atom. The van der Waals surface area contributed by atoms with Gasteiger partial charge in [0.2, 0.25) is 0 Å². The van der Waals surface area contributed by atoms with Crippen LogP contribution in [0.5, 0.6) is 0 Å². The number of ether oxygens (including phenoxy) is 1. The van der Waals surface area contributed by atoms with Gasteiger partial charge in [-0.3, -0.25) is 4.79 Å². The summed E-state index contributed by atoms with van der Waals surface area (Å²) in [7, 11) is 1.33. The van der Waals surface area contributed by atoms with Gasteiger partial charge in [-0.15, -0.1) is 0 Å². The molecule has 1 aromatic rings. The van der Waals surface area contributed by atoms with Gasteiger partial charge in [-0.25, -0.2) is 4.79 Å². The number of carbonyl (C=O) groups excluding carboxylic acids is 2. The minimum atomic E-state index is -0.427. The van der Waals surface area contributed by atoms with Crippen molar-refractivity contribution in [1.29, 1.82) is 0 Å². The zero-order chi connectivity index (χ0) is 13.9. The maximum atomic E-state index is 12.0. The Morgan fingerprint density at radius 3 is 2.50 bits per heavy atom. The Labute approximate surface area is 107 Å². The lowest BCUT2D eigenvalue weighted by Gasteiger charge is -2.10. The van der Waals surface area contributed by atoms with Gasteiger partial charge in [0.05, 0.1) is 12.7 Å². The first kappa shape index (κ1) is 14.3. The smallest absolute Gasteiger partial charge is 0.339 e. The SMILES string of the molecule is CC[C@@H](C)NC(=O)c1[nH]c(C)c(C(=O)OC)c1C. The summed E-state index contributed by atoms with van der Waals surface area (Å²) in [5.41, 5.74) is 2.13. The molecule has 18 heavy (non-hydrogen) atoms. The Kier molecular flexibility index (Phi) is 4.53. The number of hydrogen-bond donors (Lipinski definition) is 2. The summed E-state index contributed by atoms with van der Waals surface area (Å²) in [5.74, 6) is -0.621. The Bertz CT molecular complexity index is 463. The molecule has 0 aromatic carbocycles. The molecule has 1 rings (SSSR count). The molecule has 5 nitrogen and oxygen atoms in total. The molecule has 1 amide bonds. The number of esters is 1. The molecule has 0 aliphatic heterocycles. The molecule has 2 N–H and O–H groups in total. The number of methoxy groups -OCH3 is 1. The minimum absolute atomic E-state index is 0.0992. The highest BCUT2D eigenvalue weighted by atomic mass is 16.5. The summed E-state index contributed by atoms with van der Waals surface area (Å²) >= 11 is 0. The molecule has 0 radical (unpaired) electrons.